The number of hydrogen-bond donors (Lipinski definition) is 0. The summed E-state index contributed by atoms with van der Waals surface area (Å²) in [6, 6.07) is 6.49. The van der Waals surface area contributed by atoms with Gasteiger partial charge in [0, 0.05) is 17.5 Å². The summed E-state index contributed by atoms with van der Waals surface area (Å²) in [5.41, 5.74) is 2.02. The molecule has 1 heterocycles. The zero-order valence-corrected chi connectivity index (χ0v) is 10.2. The summed E-state index contributed by atoms with van der Waals surface area (Å²) in [6.45, 7) is 2.55. The Labute approximate surface area is 106 Å². The molecule has 0 aliphatic heterocycles. The largest absolute Gasteiger partial charge is 0.330 e. The fraction of sp³-hybridized carbons (Fsp3) is 0.286. The summed E-state index contributed by atoms with van der Waals surface area (Å²) in [6.07, 6.45) is 5.48. The van der Waals surface area contributed by atoms with Crippen molar-refractivity contribution in [2.45, 2.75) is 26.3 Å². The van der Waals surface area contributed by atoms with Crippen LogP contribution >= 0.6 is 0 Å². The highest BCUT2D eigenvalue weighted by molar-refractivity contribution is 5.33. The molecule has 0 aliphatic carbocycles. The van der Waals surface area contributed by atoms with Crippen molar-refractivity contribution in [3.63, 3.8) is 0 Å². The van der Waals surface area contributed by atoms with Crippen LogP contribution in [-0.4, -0.2) is 9.55 Å². The topological polar surface area (TPSA) is 41.6 Å². The van der Waals surface area contributed by atoms with Crippen LogP contribution in [0.25, 0.3) is 0 Å². The van der Waals surface area contributed by atoms with Crippen molar-refractivity contribution in [1.29, 1.82) is 5.26 Å². The number of aromatic nitrogens is 2. The van der Waals surface area contributed by atoms with Crippen molar-refractivity contribution >= 4 is 0 Å². The van der Waals surface area contributed by atoms with Gasteiger partial charge >= 0.3 is 0 Å². The molecular weight excluding hydrogens is 229 g/mol. The summed E-state index contributed by atoms with van der Waals surface area (Å²) in [4.78, 5) is 4.09. The molecule has 2 rings (SSSR count). The maximum absolute atomic E-state index is 13.8. The van der Waals surface area contributed by atoms with Crippen LogP contribution in [0.2, 0.25) is 0 Å². The molecule has 0 amide bonds. The van der Waals surface area contributed by atoms with E-state index in [1.165, 1.54) is 6.07 Å². The molecule has 0 unspecified atom stereocenters. The first kappa shape index (κ1) is 12.3. The highest BCUT2D eigenvalue weighted by Gasteiger charge is 2.07. The van der Waals surface area contributed by atoms with Crippen molar-refractivity contribution < 1.29 is 4.39 Å². The molecule has 0 fully saturated rings. The van der Waals surface area contributed by atoms with Crippen LogP contribution in [-0.2, 0) is 13.0 Å². The lowest BCUT2D eigenvalue weighted by Gasteiger charge is -2.08. The molecule has 0 radical (unpaired) electrons. The van der Waals surface area contributed by atoms with E-state index < -0.39 is 0 Å². The van der Waals surface area contributed by atoms with Gasteiger partial charge in [0.2, 0.25) is 0 Å². The van der Waals surface area contributed by atoms with Gasteiger partial charge in [0.05, 0.1) is 24.5 Å². The van der Waals surface area contributed by atoms with E-state index in [1.807, 2.05) is 16.8 Å². The van der Waals surface area contributed by atoms with Gasteiger partial charge in [-0.1, -0.05) is 19.4 Å². The van der Waals surface area contributed by atoms with E-state index in [2.05, 4.69) is 11.9 Å². The summed E-state index contributed by atoms with van der Waals surface area (Å²) < 4.78 is 15.7. The van der Waals surface area contributed by atoms with Gasteiger partial charge in [-0.15, -0.1) is 0 Å². The van der Waals surface area contributed by atoms with Crippen molar-refractivity contribution in [3.05, 3.63) is 53.4 Å². The lowest BCUT2D eigenvalue weighted by Crippen LogP contribution is -2.05. The Morgan fingerprint density at radius 1 is 1.44 bits per heavy atom. The van der Waals surface area contributed by atoms with Crippen LogP contribution in [0.1, 0.15) is 30.2 Å². The number of rotatable bonds is 4. The van der Waals surface area contributed by atoms with Gasteiger partial charge < -0.3 is 4.57 Å². The van der Waals surface area contributed by atoms with Crippen LogP contribution in [0, 0.1) is 17.1 Å². The SMILES string of the molecule is CCCc1cncn1Cc1ccc(C#N)cc1F. The second kappa shape index (κ2) is 5.46. The smallest absolute Gasteiger partial charge is 0.129 e. The van der Waals surface area contributed by atoms with Gasteiger partial charge in [0.1, 0.15) is 5.82 Å². The zero-order valence-electron chi connectivity index (χ0n) is 10.2. The fourth-order valence-corrected chi connectivity index (χ4v) is 1.88. The Kier molecular flexibility index (Phi) is 3.73. The number of aryl methyl sites for hydroxylation is 1. The number of nitriles is 1. The average Bonchev–Trinajstić information content (AvgIpc) is 2.80. The normalized spacial score (nSPS) is 10.3. The Bertz CT molecular complexity index is 581. The second-order valence-corrected chi connectivity index (χ2v) is 4.18. The molecule has 1 aromatic heterocycles. The molecule has 4 heteroatoms. The zero-order chi connectivity index (χ0) is 13.0. The molecule has 0 spiro atoms. The lowest BCUT2D eigenvalue weighted by molar-refractivity contribution is 0.594. The van der Waals surface area contributed by atoms with Gasteiger partial charge in [-0.05, 0) is 18.6 Å². The second-order valence-electron chi connectivity index (χ2n) is 4.18. The molecule has 0 atom stereocenters. The molecule has 0 saturated carbocycles. The minimum Gasteiger partial charge on any atom is -0.330 e. The Morgan fingerprint density at radius 2 is 2.28 bits per heavy atom. The molecule has 0 bridgehead atoms. The Hall–Kier alpha value is -2.15. The van der Waals surface area contributed by atoms with Crippen LogP contribution in [0.5, 0.6) is 0 Å². The first-order valence-corrected chi connectivity index (χ1v) is 5.92. The van der Waals surface area contributed by atoms with E-state index in [4.69, 9.17) is 5.26 Å². The average molecular weight is 243 g/mol. The van der Waals surface area contributed by atoms with Crippen LogP contribution in [0.15, 0.2) is 30.7 Å². The van der Waals surface area contributed by atoms with Crippen LogP contribution < -0.4 is 0 Å². The number of halogens is 1. The van der Waals surface area contributed by atoms with Gasteiger partial charge in [0.25, 0.3) is 0 Å². The predicted molar refractivity (Wildman–Crippen MR) is 66.4 cm³/mol. The van der Waals surface area contributed by atoms with E-state index in [9.17, 15) is 4.39 Å². The third-order valence-corrected chi connectivity index (χ3v) is 2.83. The molecule has 3 nitrogen and oxygen atoms in total. The van der Waals surface area contributed by atoms with E-state index in [-0.39, 0.29) is 5.82 Å². The Balaban J connectivity index is 2.23. The third-order valence-electron chi connectivity index (χ3n) is 2.83. The molecule has 0 aliphatic rings. The van der Waals surface area contributed by atoms with E-state index in [0.29, 0.717) is 17.7 Å². The van der Waals surface area contributed by atoms with Gasteiger partial charge in [0.15, 0.2) is 0 Å². The number of hydrogen-bond acceptors (Lipinski definition) is 2. The van der Waals surface area contributed by atoms with Gasteiger partial charge in [-0.3, -0.25) is 0 Å². The maximum Gasteiger partial charge on any atom is 0.129 e. The number of benzene rings is 1. The fourth-order valence-electron chi connectivity index (χ4n) is 1.88. The Morgan fingerprint density at radius 3 is 2.94 bits per heavy atom. The summed E-state index contributed by atoms with van der Waals surface area (Å²) >= 11 is 0. The molecule has 2 aromatic rings. The van der Waals surface area contributed by atoms with Crippen LogP contribution in [0.3, 0.4) is 0 Å². The van der Waals surface area contributed by atoms with E-state index in [0.717, 1.165) is 18.5 Å². The van der Waals surface area contributed by atoms with Crippen LogP contribution in [0.4, 0.5) is 4.39 Å². The quantitative estimate of drug-likeness (QED) is 0.828. The minimum absolute atomic E-state index is 0.342. The molecular formula is C14H14FN3. The van der Waals surface area contributed by atoms with Crippen molar-refractivity contribution in [1.82, 2.24) is 9.55 Å². The van der Waals surface area contributed by atoms with Crippen molar-refractivity contribution in [2.24, 2.45) is 0 Å². The number of nitrogens with zero attached hydrogens (tertiary/aromatic N) is 3. The monoisotopic (exact) mass is 243 g/mol. The van der Waals surface area contributed by atoms with Crippen molar-refractivity contribution in [3.8, 4) is 6.07 Å². The van der Waals surface area contributed by atoms with Gasteiger partial charge in [-0.25, -0.2) is 9.37 Å². The first-order valence-electron chi connectivity index (χ1n) is 5.92. The third kappa shape index (κ3) is 2.57. The van der Waals surface area contributed by atoms with E-state index >= 15 is 0 Å². The summed E-state index contributed by atoms with van der Waals surface area (Å²) in [7, 11) is 0. The highest BCUT2D eigenvalue weighted by Crippen LogP contribution is 2.13. The standard InChI is InChI=1S/C14H14FN3/c1-2-3-13-8-17-10-18(13)9-12-5-4-11(7-16)6-14(12)15/h4-6,8,10H,2-3,9H2,1H3. The molecule has 18 heavy (non-hydrogen) atoms. The highest BCUT2D eigenvalue weighted by atomic mass is 19.1. The summed E-state index contributed by atoms with van der Waals surface area (Å²) in [5.74, 6) is -0.342. The summed E-state index contributed by atoms with van der Waals surface area (Å²) in [5, 5.41) is 8.69. The first-order chi connectivity index (χ1) is 8.74. The van der Waals surface area contributed by atoms with E-state index in [1.54, 1.807) is 18.5 Å². The lowest BCUT2D eigenvalue weighted by atomic mass is 10.1. The minimum atomic E-state index is -0.342. The van der Waals surface area contributed by atoms with Gasteiger partial charge in [-0.2, -0.15) is 5.26 Å². The van der Waals surface area contributed by atoms with Crippen molar-refractivity contribution in [2.75, 3.05) is 0 Å². The molecule has 0 N–H and O–H groups in total. The molecule has 1 aromatic carbocycles. The number of imidazole rings is 1. The molecule has 92 valence electrons. The molecule has 0 saturated heterocycles. The maximum atomic E-state index is 13.8. The predicted octanol–water partition coefficient (Wildman–Crippen LogP) is 2.89.